The minimum Gasteiger partial charge on any atom is -0.366 e. The molecule has 29 heavy (non-hydrogen) atoms. The molecule has 0 atom stereocenters. The van der Waals surface area contributed by atoms with Crippen molar-refractivity contribution >= 4 is 11.5 Å². The molecule has 2 heterocycles. The molecule has 144 valence electrons. The van der Waals surface area contributed by atoms with E-state index in [9.17, 15) is 5.26 Å². The van der Waals surface area contributed by atoms with Crippen LogP contribution in [0.25, 0.3) is 16.8 Å². The number of nitrogens with one attached hydrogen (secondary N) is 1. The number of aromatic nitrogens is 3. The van der Waals surface area contributed by atoms with Crippen LogP contribution in [0.5, 0.6) is 0 Å². The summed E-state index contributed by atoms with van der Waals surface area (Å²) in [6.07, 6.45) is 5.02. The fourth-order valence-corrected chi connectivity index (χ4v) is 3.40. The summed E-state index contributed by atoms with van der Waals surface area (Å²) < 4.78 is 1.84. The fourth-order valence-electron chi connectivity index (χ4n) is 3.40. The summed E-state index contributed by atoms with van der Waals surface area (Å²) in [6.45, 7) is 2.88. The summed E-state index contributed by atoms with van der Waals surface area (Å²) in [5.74, 6) is 0.949. The van der Waals surface area contributed by atoms with E-state index in [1.54, 1.807) is 6.20 Å². The van der Waals surface area contributed by atoms with Gasteiger partial charge in [-0.15, -0.1) is 0 Å². The Hall–Kier alpha value is -3.65. The number of nitrogens with zero attached hydrogens (tertiary/aromatic N) is 4. The van der Waals surface area contributed by atoms with Gasteiger partial charge < -0.3 is 5.32 Å². The monoisotopic (exact) mass is 381 g/mol. The van der Waals surface area contributed by atoms with Crippen molar-refractivity contribution in [2.75, 3.05) is 5.32 Å². The quantitative estimate of drug-likeness (QED) is 0.476. The van der Waals surface area contributed by atoms with Gasteiger partial charge in [-0.25, -0.2) is 4.98 Å². The van der Waals surface area contributed by atoms with Crippen molar-refractivity contribution in [2.45, 2.75) is 32.7 Å². The molecule has 1 N–H and O–H groups in total. The first-order valence-corrected chi connectivity index (χ1v) is 9.94. The number of benzene rings is 2. The molecule has 4 aromatic rings. The van der Waals surface area contributed by atoms with Gasteiger partial charge in [0, 0.05) is 24.4 Å². The van der Waals surface area contributed by atoms with Crippen molar-refractivity contribution in [1.29, 1.82) is 5.26 Å². The number of unbranched alkanes of at least 4 members (excludes halogenated alkanes) is 1. The van der Waals surface area contributed by atoms with Crippen molar-refractivity contribution < 1.29 is 0 Å². The summed E-state index contributed by atoms with van der Waals surface area (Å²) in [5, 5.41) is 17.2. The SMILES string of the molecule is CCCCc1cc(NCc2ccc(-c3ccccc3C#N)cc2)n2nccc2n1. The molecule has 0 fully saturated rings. The van der Waals surface area contributed by atoms with Crippen LogP contribution in [-0.2, 0) is 13.0 Å². The predicted molar refractivity (Wildman–Crippen MR) is 116 cm³/mol. The molecular weight excluding hydrogens is 358 g/mol. The van der Waals surface area contributed by atoms with Crippen LogP contribution in [0, 0.1) is 11.3 Å². The molecule has 0 bridgehead atoms. The molecular formula is C24H23N5. The Labute approximate surface area is 170 Å². The van der Waals surface area contributed by atoms with Crippen LogP contribution >= 0.6 is 0 Å². The van der Waals surface area contributed by atoms with Crippen LogP contribution in [-0.4, -0.2) is 14.6 Å². The normalized spacial score (nSPS) is 10.8. The van der Waals surface area contributed by atoms with E-state index in [2.05, 4.69) is 58.7 Å². The molecule has 5 nitrogen and oxygen atoms in total. The molecule has 2 aromatic carbocycles. The standard InChI is InChI=1S/C24H23N5/c1-2-3-7-21-15-24(29-23(28-21)13-14-27-29)26-17-18-9-11-19(12-10-18)22-8-5-4-6-20(22)16-25/h4-6,8-15,26H,2-3,7,17H2,1H3. The van der Waals surface area contributed by atoms with E-state index in [1.807, 2.05) is 34.8 Å². The average Bonchev–Trinajstić information content (AvgIpc) is 3.25. The van der Waals surface area contributed by atoms with Gasteiger partial charge in [0.15, 0.2) is 5.65 Å². The van der Waals surface area contributed by atoms with Crippen LogP contribution < -0.4 is 5.32 Å². The number of fused-ring (bicyclic) bond motifs is 1. The maximum absolute atomic E-state index is 9.32. The molecule has 5 heteroatoms. The number of rotatable bonds is 7. The molecule has 0 radical (unpaired) electrons. The molecule has 4 rings (SSSR count). The molecule has 0 saturated carbocycles. The summed E-state index contributed by atoms with van der Waals surface area (Å²) >= 11 is 0. The highest BCUT2D eigenvalue weighted by Gasteiger charge is 2.07. The maximum Gasteiger partial charge on any atom is 0.157 e. The minimum atomic E-state index is 0.687. The third-order valence-corrected chi connectivity index (χ3v) is 4.98. The van der Waals surface area contributed by atoms with Crippen LogP contribution in [0.15, 0.2) is 66.9 Å². The Morgan fingerprint density at radius 2 is 1.90 bits per heavy atom. The Balaban J connectivity index is 1.52. The largest absolute Gasteiger partial charge is 0.366 e. The fraction of sp³-hybridized carbons (Fsp3) is 0.208. The van der Waals surface area contributed by atoms with Gasteiger partial charge in [-0.05, 0) is 35.6 Å². The lowest BCUT2D eigenvalue weighted by Crippen LogP contribution is -2.07. The molecule has 0 saturated heterocycles. The highest BCUT2D eigenvalue weighted by Crippen LogP contribution is 2.24. The zero-order chi connectivity index (χ0) is 20.1. The van der Waals surface area contributed by atoms with E-state index < -0.39 is 0 Å². The third kappa shape index (κ3) is 4.12. The number of hydrogen-bond donors (Lipinski definition) is 1. The van der Waals surface area contributed by atoms with Gasteiger partial charge in [-0.1, -0.05) is 55.8 Å². The molecule has 0 spiro atoms. The Bertz CT molecular complexity index is 1150. The van der Waals surface area contributed by atoms with Crippen molar-refractivity contribution in [2.24, 2.45) is 0 Å². The lowest BCUT2D eigenvalue weighted by Gasteiger charge is -2.11. The summed E-state index contributed by atoms with van der Waals surface area (Å²) in [6, 6.07) is 22.3. The summed E-state index contributed by atoms with van der Waals surface area (Å²) in [5.41, 5.74) is 5.82. The molecule has 0 aliphatic rings. The molecule has 0 aliphatic heterocycles. The topological polar surface area (TPSA) is 66.0 Å². The van der Waals surface area contributed by atoms with Crippen molar-refractivity contribution in [3.8, 4) is 17.2 Å². The number of anilines is 1. The molecule has 0 aliphatic carbocycles. The molecule has 2 aromatic heterocycles. The van der Waals surface area contributed by atoms with Gasteiger partial charge in [0.05, 0.1) is 17.8 Å². The van der Waals surface area contributed by atoms with E-state index in [-0.39, 0.29) is 0 Å². The highest BCUT2D eigenvalue weighted by atomic mass is 15.3. The Morgan fingerprint density at radius 3 is 2.69 bits per heavy atom. The van der Waals surface area contributed by atoms with E-state index in [1.165, 1.54) is 0 Å². The van der Waals surface area contributed by atoms with Crippen molar-refractivity contribution in [3.05, 3.63) is 83.7 Å². The van der Waals surface area contributed by atoms with Crippen LogP contribution in [0.2, 0.25) is 0 Å². The van der Waals surface area contributed by atoms with E-state index in [4.69, 9.17) is 0 Å². The number of nitriles is 1. The van der Waals surface area contributed by atoms with E-state index in [0.29, 0.717) is 12.1 Å². The second kappa shape index (κ2) is 8.57. The zero-order valence-corrected chi connectivity index (χ0v) is 16.5. The second-order valence-electron chi connectivity index (χ2n) is 7.05. The average molecular weight is 381 g/mol. The van der Waals surface area contributed by atoms with Gasteiger partial charge >= 0.3 is 0 Å². The smallest absolute Gasteiger partial charge is 0.157 e. The van der Waals surface area contributed by atoms with Gasteiger partial charge in [0.2, 0.25) is 0 Å². The van der Waals surface area contributed by atoms with Crippen LogP contribution in [0.3, 0.4) is 0 Å². The lowest BCUT2D eigenvalue weighted by atomic mass is 9.99. The first-order valence-electron chi connectivity index (χ1n) is 9.94. The number of hydrogen-bond acceptors (Lipinski definition) is 4. The first kappa shape index (κ1) is 18.7. The zero-order valence-electron chi connectivity index (χ0n) is 16.5. The van der Waals surface area contributed by atoms with Crippen molar-refractivity contribution in [3.63, 3.8) is 0 Å². The molecule has 0 unspecified atom stereocenters. The summed E-state index contributed by atoms with van der Waals surface area (Å²) in [7, 11) is 0. The Morgan fingerprint density at radius 1 is 1.07 bits per heavy atom. The van der Waals surface area contributed by atoms with E-state index >= 15 is 0 Å². The highest BCUT2D eigenvalue weighted by molar-refractivity contribution is 5.70. The van der Waals surface area contributed by atoms with Crippen LogP contribution in [0.4, 0.5) is 5.82 Å². The minimum absolute atomic E-state index is 0.687. The maximum atomic E-state index is 9.32. The van der Waals surface area contributed by atoms with Gasteiger partial charge in [0.1, 0.15) is 5.82 Å². The number of aryl methyl sites for hydroxylation is 1. The van der Waals surface area contributed by atoms with Crippen LogP contribution in [0.1, 0.15) is 36.6 Å². The third-order valence-electron chi connectivity index (χ3n) is 4.98. The Kier molecular flexibility index (Phi) is 5.53. The van der Waals surface area contributed by atoms with E-state index in [0.717, 1.165) is 53.1 Å². The predicted octanol–water partition coefficient (Wildman–Crippen LogP) is 5.22. The lowest BCUT2D eigenvalue weighted by molar-refractivity contribution is 0.772. The first-order chi connectivity index (χ1) is 14.3. The van der Waals surface area contributed by atoms with Gasteiger partial charge in [-0.3, -0.25) is 0 Å². The van der Waals surface area contributed by atoms with Gasteiger partial charge in [0.25, 0.3) is 0 Å². The summed E-state index contributed by atoms with van der Waals surface area (Å²) in [4.78, 5) is 4.68. The molecule has 0 amide bonds. The van der Waals surface area contributed by atoms with Gasteiger partial charge in [-0.2, -0.15) is 14.9 Å². The van der Waals surface area contributed by atoms with Crippen molar-refractivity contribution in [1.82, 2.24) is 14.6 Å². The second-order valence-corrected chi connectivity index (χ2v) is 7.05.